The van der Waals surface area contributed by atoms with Crippen LogP contribution in [0.3, 0.4) is 0 Å². The van der Waals surface area contributed by atoms with Crippen molar-refractivity contribution in [1.82, 2.24) is 0 Å². The van der Waals surface area contributed by atoms with Gasteiger partial charge in [0.05, 0.1) is 18.1 Å². The number of thioether (sulfide) groups is 1. The molecule has 0 saturated carbocycles. The van der Waals surface area contributed by atoms with Crippen molar-refractivity contribution in [1.29, 1.82) is 5.26 Å². The summed E-state index contributed by atoms with van der Waals surface area (Å²) in [6.07, 6.45) is 1.12. The molecule has 23 heavy (non-hydrogen) atoms. The molecule has 118 valence electrons. The molecule has 1 N–H and O–H groups in total. The van der Waals surface area contributed by atoms with Crippen LogP contribution in [0.4, 0.5) is 0 Å². The molecule has 3 rings (SSSR count). The number of hydrogen-bond donors (Lipinski definition) is 1. The Morgan fingerprint density at radius 1 is 1.35 bits per heavy atom. The number of carbonyl (C=O) groups excluding carboxylic acids is 1. The molecule has 0 heterocycles. The van der Waals surface area contributed by atoms with Crippen LogP contribution in [-0.2, 0) is 6.42 Å². The first-order valence-electron chi connectivity index (χ1n) is 7.32. The van der Waals surface area contributed by atoms with Crippen molar-refractivity contribution in [3.05, 3.63) is 29.3 Å². The molecule has 2 aromatic rings. The van der Waals surface area contributed by atoms with E-state index >= 15 is 0 Å². The number of rotatable bonds is 2. The largest absolute Gasteiger partial charge is 0.506 e. The molecule has 0 amide bonds. The van der Waals surface area contributed by atoms with Crippen LogP contribution in [0, 0.1) is 16.1 Å². The van der Waals surface area contributed by atoms with Crippen molar-refractivity contribution >= 4 is 28.3 Å². The highest BCUT2D eigenvalue weighted by Gasteiger charge is 2.34. The molecule has 1 aliphatic rings. The van der Waals surface area contributed by atoms with Crippen LogP contribution in [0.2, 0.25) is 0 Å². The highest BCUT2D eigenvalue weighted by Crippen LogP contribution is 2.46. The number of carbonyl (C=O) groups is 1. The molecule has 0 bridgehead atoms. The lowest BCUT2D eigenvalue weighted by Crippen LogP contribution is -2.27. The summed E-state index contributed by atoms with van der Waals surface area (Å²) in [5, 5.41) is 23.1. The van der Waals surface area contributed by atoms with Crippen molar-refractivity contribution in [2.75, 3.05) is 7.11 Å². The first-order chi connectivity index (χ1) is 10.9. The maximum atomic E-state index is 12.5. The standard InChI is InChI=1S/C18H17NO3S/c1-18(2)7-10-6-11-14(23-9-19)5-4-13(22-3)16(11)17(21)15(10)12(20)8-18/h4-6,21H,7-8H2,1-3H3. The van der Waals surface area contributed by atoms with E-state index in [0.29, 0.717) is 29.5 Å². The second-order valence-electron chi connectivity index (χ2n) is 6.58. The zero-order chi connectivity index (χ0) is 16.8. The number of fused-ring (bicyclic) bond motifs is 2. The Morgan fingerprint density at radius 2 is 2.09 bits per heavy atom. The molecular formula is C18H17NO3S. The molecule has 5 heteroatoms. The van der Waals surface area contributed by atoms with Crippen LogP contribution in [0.15, 0.2) is 23.1 Å². The lowest BCUT2D eigenvalue weighted by Gasteiger charge is -2.31. The van der Waals surface area contributed by atoms with Gasteiger partial charge in [0.25, 0.3) is 0 Å². The first kappa shape index (κ1) is 15.7. The Morgan fingerprint density at radius 3 is 2.74 bits per heavy atom. The van der Waals surface area contributed by atoms with Crippen LogP contribution in [-0.4, -0.2) is 18.0 Å². The zero-order valence-corrected chi connectivity index (χ0v) is 14.1. The van der Waals surface area contributed by atoms with E-state index in [1.54, 1.807) is 12.1 Å². The third-order valence-electron chi connectivity index (χ3n) is 4.24. The SMILES string of the molecule is COc1ccc(SC#N)c2cc3c(c(O)c12)C(=O)CC(C)(C)C3. The van der Waals surface area contributed by atoms with Crippen molar-refractivity contribution in [2.45, 2.75) is 31.6 Å². The summed E-state index contributed by atoms with van der Waals surface area (Å²) in [6, 6.07) is 5.44. The van der Waals surface area contributed by atoms with Crippen molar-refractivity contribution in [2.24, 2.45) is 5.41 Å². The van der Waals surface area contributed by atoms with Gasteiger partial charge in [-0.2, -0.15) is 5.26 Å². The van der Waals surface area contributed by atoms with E-state index in [9.17, 15) is 9.90 Å². The fourth-order valence-electron chi connectivity index (χ4n) is 3.35. The maximum Gasteiger partial charge on any atom is 0.167 e. The van der Waals surface area contributed by atoms with Crippen LogP contribution >= 0.6 is 11.8 Å². The summed E-state index contributed by atoms with van der Waals surface area (Å²) >= 11 is 1.04. The molecule has 0 aliphatic heterocycles. The van der Waals surface area contributed by atoms with E-state index in [2.05, 4.69) is 5.40 Å². The number of hydrogen-bond acceptors (Lipinski definition) is 5. The molecule has 1 aliphatic carbocycles. The van der Waals surface area contributed by atoms with Gasteiger partial charge in [-0.1, -0.05) is 13.8 Å². The fraction of sp³-hybridized carbons (Fsp3) is 0.333. The number of nitriles is 1. The number of phenols is 1. The van der Waals surface area contributed by atoms with Gasteiger partial charge < -0.3 is 9.84 Å². The third kappa shape index (κ3) is 2.53. The minimum atomic E-state index is -0.133. The zero-order valence-electron chi connectivity index (χ0n) is 13.3. The predicted octanol–water partition coefficient (Wildman–Crippen LogP) is 4.28. The lowest BCUT2D eigenvalue weighted by atomic mass is 9.73. The summed E-state index contributed by atoms with van der Waals surface area (Å²) in [7, 11) is 1.52. The van der Waals surface area contributed by atoms with Gasteiger partial charge in [0.2, 0.25) is 0 Å². The van der Waals surface area contributed by atoms with E-state index in [1.807, 2.05) is 19.9 Å². The summed E-state index contributed by atoms with van der Waals surface area (Å²) in [4.78, 5) is 13.3. The molecule has 0 atom stereocenters. The van der Waals surface area contributed by atoms with Crippen LogP contribution in [0.5, 0.6) is 11.5 Å². The van der Waals surface area contributed by atoms with E-state index in [4.69, 9.17) is 10.00 Å². The minimum absolute atomic E-state index is 0.0322. The van der Waals surface area contributed by atoms with Crippen molar-refractivity contribution in [3.63, 3.8) is 0 Å². The molecular weight excluding hydrogens is 310 g/mol. The van der Waals surface area contributed by atoms with E-state index in [-0.39, 0.29) is 16.9 Å². The Kier molecular flexibility index (Phi) is 3.73. The van der Waals surface area contributed by atoms with Gasteiger partial charge >= 0.3 is 0 Å². The van der Waals surface area contributed by atoms with E-state index in [0.717, 1.165) is 27.6 Å². The van der Waals surface area contributed by atoms with Crippen molar-refractivity contribution in [3.8, 4) is 16.9 Å². The molecule has 0 fully saturated rings. The smallest absolute Gasteiger partial charge is 0.167 e. The highest BCUT2D eigenvalue weighted by molar-refractivity contribution is 8.04. The summed E-state index contributed by atoms with van der Waals surface area (Å²) in [5.41, 5.74) is 1.10. The third-order valence-corrected chi connectivity index (χ3v) is 4.91. The number of phenolic OH excluding ortho intramolecular Hbond substituents is 1. The number of ketones is 1. The molecule has 4 nitrogen and oxygen atoms in total. The maximum absolute atomic E-state index is 12.5. The van der Waals surface area contributed by atoms with Gasteiger partial charge in [0.1, 0.15) is 16.9 Å². The first-order valence-corrected chi connectivity index (χ1v) is 8.14. The summed E-state index contributed by atoms with van der Waals surface area (Å²) < 4.78 is 5.35. The quantitative estimate of drug-likeness (QED) is 0.658. The van der Waals surface area contributed by atoms with Gasteiger partial charge in [-0.25, -0.2) is 0 Å². The molecule has 0 saturated heterocycles. The Hall–Kier alpha value is -2.19. The number of ether oxygens (including phenoxy) is 1. The van der Waals surface area contributed by atoms with Gasteiger partial charge in [-0.3, -0.25) is 4.79 Å². The topological polar surface area (TPSA) is 70.3 Å². The number of Topliss-reactive ketones (excluding diaryl/α,β-unsaturated/α-hetero) is 1. The normalized spacial score (nSPS) is 16.0. The van der Waals surface area contributed by atoms with Gasteiger partial charge in [-0.05, 0) is 47.4 Å². The summed E-state index contributed by atoms with van der Waals surface area (Å²) in [6.45, 7) is 4.09. The predicted molar refractivity (Wildman–Crippen MR) is 90.1 cm³/mol. The highest BCUT2D eigenvalue weighted by atomic mass is 32.2. The average molecular weight is 327 g/mol. The molecule has 0 spiro atoms. The lowest BCUT2D eigenvalue weighted by molar-refractivity contribution is 0.0909. The molecule has 0 aromatic heterocycles. The van der Waals surface area contributed by atoms with Crippen LogP contribution in [0.1, 0.15) is 36.2 Å². The van der Waals surface area contributed by atoms with Crippen molar-refractivity contribution < 1.29 is 14.6 Å². The number of thiocyanates is 1. The minimum Gasteiger partial charge on any atom is -0.506 e. The Labute approximate surface area is 139 Å². The van der Waals surface area contributed by atoms with E-state index < -0.39 is 0 Å². The van der Waals surface area contributed by atoms with Gasteiger partial charge in [0, 0.05) is 16.7 Å². The molecule has 2 aromatic carbocycles. The number of aromatic hydroxyl groups is 1. The molecule has 0 unspecified atom stereocenters. The van der Waals surface area contributed by atoms with Gasteiger partial charge in [-0.15, -0.1) is 0 Å². The van der Waals surface area contributed by atoms with Gasteiger partial charge in [0.15, 0.2) is 5.78 Å². The Bertz CT molecular complexity index is 865. The monoisotopic (exact) mass is 327 g/mol. The second-order valence-corrected chi connectivity index (χ2v) is 7.41. The van der Waals surface area contributed by atoms with E-state index in [1.165, 1.54) is 7.11 Å². The average Bonchev–Trinajstić information content (AvgIpc) is 2.46. The van der Waals surface area contributed by atoms with Crippen LogP contribution in [0.25, 0.3) is 10.8 Å². The number of methoxy groups -OCH3 is 1. The number of nitrogens with zero attached hydrogens (tertiary/aromatic N) is 1. The second kappa shape index (κ2) is 5.47. The fourth-order valence-corrected chi connectivity index (χ4v) is 3.86. The molecule has 0 radical (unpaired) electrons. The summed E-state index contributed by atoms with van der Waals surface area (Å²) in [5.74, 6) is 0.423. The number of benzene rings is 2. The van der Waals surface area contributed by atoms with Crippen LogP contribution < -0.4 is 4.74 Å². The Balaban J connectivity index is 2.39.